The van der Waals surface area contributed by atoms with Crippen LogP contribution in [0.25, 0.3) is 0 Å². The maximum Gasteiger partial charge on any atom is 0.0897 e. The molecule has 2 N–H and O–H groups in total. The van der Waals surface area contributed by atoms with Gasteiger partial charge in [0.1, 0.15) is 0 Å². The second kappa shape index (κ2) is 8.23. The average molecular weight is 237 g/mol. The standard InChI is InChI=1S/C14H23NO2/c1-12(2)15-10-14(16)11-17-9-8-13-6-4-3-5-7-13/h3-7,12,14-16H,8-11H2,1-2H3. The van der Waals surface area contributed by atoms with E-state index in [-0.39, 0.29) is 0 Å². The number of ether oxygens (including phenoxy) is 1. The van der Waals surface area contributed by atoms with E-state index in [9.17, 15) is 5.11 Å². The molecule has 96 valence electrons. The summed E-state index contributed by atoms with van der Waals surface area (Å²) >= 11 is 0. The van der Waals surface area contributed by atoms with E-state index >= 15 is 0 Å². The first kappa shape index (κ1) is 14.2. The Morgan fingerprint density at radius 1 is 1.24 bits per heavy atom. The van der Waals surface area contributed by atoms with E-state index in [1.165, 1.54) is 5.56 Å². The van der Waals surface area contributed by atoms with Crippen molar-refractivity contribution in [3.63, 3.8) is 0 Å². The predicted molar refractivity (Wildman–Crippen MR) is 70.1 cm³/mol. The molecule has 3 nitrogen and oxygen atoms in total. The van der Waals surface area contributed by atoms with Crippen molar-refractivity contribution in [2.75, 3.05) is 19.8 Å². The molecule has 3 heteroatoms. The molecule has 0 aliphatic rings. The van der Waals surface area contributed by atoms with E-state index in [0.29, 0.717) is 25.8 Å². The fourth-order valence-electron chi connectivity index (χ4n) is 1.48. The van der Waals surface area contributed by atoms with Crippen molar-refractivity contribution in [1.29, 1.82) is 0 Å². The van der Waals surface area contributed by atoms with Gasteiger partial charge in [0.2, 0.25) is 0 Å². The molecule has 0 aliphatic carbocycles. The van der Waals surface area contributed by atoms with E-state index in [1.807, 2.05) is 18.2 Å². The predicted octanol–water partition coefficient (Wildman–Crippen LogP) is 1.60. The molecule has 0 heterocycles. The van der Waals surface area contributed by atoms with Crippen LogP contribution in [0.2, 0.25) is 0 Å². The molecule has 1 atom stereocenters. The molecule has 1 aromatic carbocycles. The van der Waals surface area contributed by atoms with Crippen molar-refractivity contribution < 1.29 is 9.84 Å². The van der Waals surface area contributed by atoms with Gasteiger partial charge in [-0.1, -0.05) is 44.2 Å². The second-order valence-electron chi connectivity index (χ2n) is 4.53. The largest absolute Gasteiger partial charge is 0.389 e. The lowest BCUT2D eigenvalue weighted by molar-refractivity contribution is 0.0375. The number of rotatable bonds is 8. The van der Waals surface area contributed by atoms with Crippen LogP contribution in [0.4, 0.5) is 0 Å². The summed E-state index contributed by atoms with van der Waals surface area (Å²) in [5.74, 6) is 0. The molecule has 0 radical (unpaired) electrons. The Bertz CT molecular complexity index is 288. The summed E-state index contributed by atoms with van der Waals surface area (Å²) in [7, 11) is 0. The number of hydrogen-bond acceptors (Lipinski definition) is 3. The molecular weight excluding hydrogens is 214 g/mol. The van der Waals surface area contributed by atoms with Crippen molar-refractivity contribution in [2.45, 2.75) is 32.4 Å². The first-order valence-corrected chi connectivity index (χ1v) is 6.21. The van der Waals surface area contributed by atoms with Crippen LogP contribution in [-0.2, 0) is 11.2 Å². The first-order valence-electron chi connectivity index (χ1n) is 6.21. The highest BCUT2D eigenvalue weighted by atomic mass is 16.5. The third-order valence-corrected chi connectivity index (χ3v) is 2.45. The van der Waals surface area contributed by atoms with Gasteiger partial charge in [0.25, 0.3) is 0 Å². The number of nitrogens with one attached hydrogen (secondary N) is 1. The van der Waals surface area contributed by atoms with Crippen molar-refractivity contribution in [1.82, 2.24) is 5.32 Å². The van der Waals surface area contributed by atoms with Crippen LogP contribution in [0.5, 0.6) is 0 Å². The van der Waals surface area contributed by atoms with Crippen molar-refractivity contribution in [2.24, 2.45) is 0 Å². The van der Waals surface area contributed by atoms with Gasteiger partial charge in [-0.05, 0) is 12.0 Å². The average Bonchev–Trinajstić information content (AvgIpc) is 2.33. The topological polar surface area (TPSA) is 41.5 Å². The minimum Gasteiger partial charge on any atom is -0.389 e. The van der Waals surface area contributed by atoms with Crippen LogP contribution in [0.1, 0.15) is 19.4 Å². The zero-order valence-electron chi connectivity index (χ0n) is 10.7. The summed E-state index contributed by atoms with van der Waals surface area (Å²) in [6.45, 7) is 5.75. The summed E-state index contributed by atoms with van der Waals surface area (Å²) in [4.78, 5) is 0. The molecule has 0 saturated heterocycles. The Kier molecular flexibility index (Phi) is 6.86. The highest BCUT2D eigenvalue weighted by molar-refractivity contribution is 5.14. The molecule has 1 unspecified atom stereocenters. The van der Waals surface area contributed by atoms with E-state index in [4.69, 9.17) is 4.74 Å². The third-order valence-electron chi connectivity index (χ3n) is 2.45. The van der Waals surface area contributed by atoms with Gasteiger partial charge in [0.05, 0.1) is 19.3 Å². The van der Waals surface area contributed by atoms with Crippen molar-refractivity contribution >= 4 is 0 Å². The van der Waals surface area contributed by atoms with Crippen LogP contribution < -0.4 is 5.32 Å². The molecule has 0 aromatic heterocycles. The minimum atomic E-state index is -0.423. The Morgan fingerprint density at radius 2 is 1.94 bits per heavy atom. The molecule has 1 aromatic rings. The maximum atomic E-state index is 9.61. The fourth-order valence-corrected chi connectivity index (χ4v) is 1.48. The molecule has 0 bridgehead atoms. The minimum absolute atomic E-state index is 0.395. The summed E-state index contributed by atoms with van der Waals surface area (Å²) in [5.41, 5.74) is 1.27. The number of hydrogen-bond donors (Lipinski definition) is 2. The normalized spacial score (nSPS) is 12.9. The summed E-state index contributed by atoms with van der Waals surface area (Å²) in [6, 6.07) is 10.6. The Hall–Kier alpha value is -0.900. The number of aliphatic hydroxyl groups is 1. The zero-order chi connectivity index (χ0) is 12.5. The first-order chi connectivity index (χ1) is 8.18. The maximum absolute atomic E-state index is 9.61. The van der Waals surface area contributed by atoms with Crippen LogP contribution >= 0.6 is 0 Å². The molecule has 0 aliphatic heterocycles. The number of aliphatic hydroxyl groups excluding tert-OH is 1. The Labute approximate surface area is 104 Å². The second-order valence-corrected chi connectivity index (χ2v) is 4.53. The summed E-state index contributed by atoms with van der Waals surface area (Å²) in [5, 5.41) is 12.8. The lowest BCUT2D eigenvalue weighted by Crippen LogP contribution is -2.34. The van der Waals surface area contributed by atoms with Gasteiger partial charge in [-0.25, -0.2) is 0 Å². The monoisotopic (exact) mass is 237 g/mol. The molecule has 0 spiro atoms. The lowest BCUT2D eigenvalue weighted by atomic mass is 10.2. The van der Waals surface area contributed by atoms with E-state index < -0.39 is 6.10 Å². The van der Waals surface area contributed by atoms with Gasteiger partial charge < -0.3 is 15.2 Å². The third kappa shape index (κ3) is 7.10. The van der Waals surface area contributed by atoms with Crippen LogP contribution in [0.15, 0.2) is 30.3 Å². The van der Waals surface area contributed by atoms with Crippen LogP contribution in [-0.4, -0.2) is 37.0 Å². The Morgan fingerprint density at radius 3 is 2.59 bits per heavy atom. The highest BCUT2D eigenvalue weighted by Crippen LogP contribution is 1.99. The quantitative estimate of drug-likeness (QED) is 0.675. The number of benzene rings is 1. The van der Waals surface area contributed by atoms with Gasteiger partial charge in [-0.3, -0.25) is 0 Å². The smallest absolute Gasteiger partial charge is 0.0897 e. The van der Waals surface area contributed by atoms with Gasteiger partial charge in [-0.15, -0.1) is 0 Å². The van der Waals surface area contributed by atoms with Gasteiger partial charge in [-0.2, -0.15) is 0 Å². The van der Waals surface area contributed by atoms with Crippen molar-refractivity contribution in [3.8, 4) is 0 Å². The van der Waals surface area contributed by atoms with Gasteiger partial charge >= 0.3 is 0 Å². The van der Waals surface area contributed by atoms with Gasteiger partial charge in [0.15, 0.2) is 0 Å². The molecule has 0 amide bonds. The summed E-state index contributed by atoms with van der Waals surface area (Å²) < 4.78 is 5.44. The van der Waals surface area contributed by atoms with E-state index in [1.54, 1.807) is 0 Å². The van der Waals surface area contributed by atoms with E-state index in [0.717, 1.165) is 6.42 Å². The molecule has 1 rings (SSSR count). The van der Waals surface area contributed by atoms with Crippen LogP contribution in [0, 0.1) is 0 Å². The van der Waals surface area contributed by atoms with Crippen molar-refractivity contribution in [3.05, 3.63) is 35.9 Å². The molecule has 17 heavy (non-hydrogen) atoms. The molecular formula is C14H23NO2. The molecule has 0 fully saturated rings. The molecule has 0 saturated carbocycles. The van der Waals surface area contributed by atoms with Crippen LogP contribution in [0.3, 0.4) is 0 Å². The highest BCUT2D eigenvalue weighted by Gasteiger charge is 2.04. The zero-order valence-corrected chi connectivity index (χ0v) is 10.7. The SMILES string of the molecule is CC(C)NCC(O)COCCc1ccccc1. The van der Waals surface area contributed by atoms with E-state index in [2.05, 4.69) is 31.3 Å². The lowest BCUT2D eigenvalue weighted by Gasteiger charge is -2.14. The summed E-state index contributed by atoms with van der Waals surface area (Å²) in [6.07, 6.45) is 0.471. The van der Waals surface area contributed by atoms with Gasteiger partial charge in [0, 0.05) is 12.6 Å². The fraction of sp³-hybridized carbons (Fsp3) is 0.571. The Balaban J connectivity index is 2.04.